The lowest BCUT2D eigenvalue weighted by Gasteiger charge is -2.65. The van der Waals surface area contributed by atoms with Crippen molar-refractivity contribution in [2.24, 2.45) is 11.7 Å². The number of hydrogen-bond donors (Lipinski definition) is 4. The average molecular weight is 618 g/mol. The Bertz CT molecular complexity index is 1540. The van der Waals surface area contributed by atoms with Crippen LogP contribution in [-0.4, -0.2) is 95.7 Å². The summed E-state index contributed by atoms with van der Waals surface area (Å²) in [5.74, 6) is 1.50. The molecule has 6 atom stereocenters. The fraction of sp³-hybridized carbons (Fsp3) is 0.543. The van der Waals surface area contributed by atoms with Crippen LogP contribution in [0.2, 0.25) is 0 Å². The van der Waals surface area contributed by atoms with Crippen LogP contribution in [-0.2, 0) is 23.1 Å². The predicted octanol–water partition coefficient (Wildman–Crippen LogP) is 2.77. The number of likely N-dealkylation sites (N-methyl/N-ethyl adjacent to an activating group) is 2. The Hall–Kier alpha value is -3.60. The molecule has 2 heterocycles. The highest BCUT2D eigenvalue weighted by molar-refractivity contribution is 5.82. The molecule has 2 aliphatic heterocycles. The van der Waals surface area contributed by atoms with Gasteiger partial charge in [0.1, 0.15) is 23.5 Å². The number of carbonyl (C=O) groups is 2. The van der Waals surface area contributed by atoms with Crippen molar-refractivity contribution in [1.29, 1.82) is 0 Å². The third-order valence-corrected chi connectivity index (χ3v) is 11.4. The van der Waals surface area contributed by atoms with Crippen LogP contribution in [0.25, 0.3) is 0 Å². The highest BCUT2D eigenvalue weighted by atomic mass is 16.6. The van der Waals surface area contributed by atoms with E-state index in [0.717, 1.165) is 53.0 Å². The maximum Gasteiger partial charge on any atom is 0.415 e. The first-order valence-electron chi connectivity index (χ1n) is 16.3. The molecule has 2 aromatic rings. The second kappa shape index (κ2) is 10.7. The summed E-state index contributed by atoms with van der Waals surface area (Å²) in [7, 11) is 3.96. The number of amides is 2. The van der Waals surface area contributed by atoms with E-state index in [-0.39, 0.29) is 36.9 Å². The number of piperidine rings is 1. The average Bonchev–Trinajstić information content (AvgIpc) is 3.74. The van der Waals surface area contributed by atoms with Gasteiger partial charge in [0.25, 0.3) is 0 Å². The number of aromatic hydroxyl groups is 1. The summed E-state index contributed by atoms with van der Waals surface area (Å²) < 4.78 is 13.5. The fourth-order valence-electron chi connectivity index (χ4n) is 8.86. The Morgan fingerprint density at radius 2 is 1.98 bits per heavy atom. The van der Waals surface area contributed by atoms with E-state index in [1.807, 2.05) is 6.07 Å². The SMILES string of the molecule is C=C1CC[C@@]2(O)[C@H]3Cc4ccc(OC(=O)N(C)CCNC(=O)[C@@H](N)Cc5ccc(O)cc5)c5c4[C@@]2(CC[N+]3(C)CC2CC2)[C@H]1O5. The van der Waals surface area contributed by atoms with Gasteiger partial charge in [-0.1, -0.05) is 24.8 Å². The summed E-state index contributed by atoms with van der Waals surface area (Å²) >= 11 is 0. The quantitative estimate of drug-likeness (QED) is 0.251. The van der Waals surface area contributed by atoms with Gasteiger partial charge in [0.15, 0.2) is 11.5 Å². The van der Waals surface area contributed by atoms with Gasteiger partial charge in [0.2, 0.25) is 5.91 Å². The largest absolute Gasteiger partial charge is 0.508 e. The molecule has 0 radical (unpaired) electrons. The minimum Gasteiger partial charge on any atom is -0.508 e. The van der Waals surface area contributed by atoms with Crippen LogP contribution in [0.5, 0.6) is 17.2 Å². The van der Waals surface area contributed by atoms with Crippen LogP contribution in [0.4, 0.5) is 4.79 Å². The van der Waals surface area contributed by atoms with E-state index in [1.54, 1.807) is 31.3 Å². The minimum atomic E-state index is -0.917. The third kappa shape index (κ3) is 4.80. The monoisotopic (exact) mass is 617 g/mol. The van der Waals surface area contributed by atoms with E-state index < -0.39 is 23.2 Å². The van der Waals surface area contributed by atoms with Crippen molar-refractivity contribution >= 4 is 12.0 Å². The number of phenolic OH excluding ortho intramolecular Hbond substituents is 1. The van der Waals surface area contributed by atoms with E-state index in [0.29, 0.717) is 30.8 Å². The van der Waals surface area contributed by atoms with Gasteiger partial charge in [0.05, 0.1) is 31.6 Å². The first kappa shape index (κ1) is 30.1. The predicted molar refractivity (Wildman–Crippen MR) is 168 cm³/mol. The molecular weight excluding hydrogens is 572 g/mol. The maximum atomic E-state index is 13.2. The number of quaternary nitrogens is 1. The topological polar surface area (TPSA) is 134 Å². The maximum absolute atomic E-state index is 13.2. The molecule has 2 amide bonds. The smallest absolute Gasteiger partial charge is 0.415 e. The van der Waals surface area contributed by atoms with Crippen molar-refractivity contribution < 1.29 is 33.8 Å². The Kier molecular flexibility index (Phi) is 7.18. The van der Waals surface area contributed by atoms with E-state index in [1.165, 1.54) is 23.3 Å². The van der Waals surface area contributed by atoms with Crippen molar-refractivity contribution in [3.05, 3.63) is 65.2 Å². The summed E-state index contributed by atoms with van der Waals surface area (Å²) in [6.07, 6.45) is 4.96. The molecule has 1 spiro atoms. The zero-order chi connectivity index (χ0) is 31.7. The first-order valence-corrected chi connectivity index (χ1v) is 16.3. The molecule has 7 rings (SSSR count). The van der Waals surface area contributed by atoms with Crippen LogP contribution in [0.1, 0.15) is 48.8 Å². The number of carbonyl (C=O) groups excluding carboxylic acids is 2. The molecule has 10 nitrogen and oxygen atoms in total. The van der Waals surface area contributed by atoms with E-state index in [4.69, 9.17) is 15.2 Å². The fourth-order valence-corrected chi connectivity index (χ4v) is 8.86. The molecule has 1 unspecified atom stereocenters. The van der Waals surface area contributed by atoms with E-state index >= 15 is 0 Å². The van der Waals surface area contributed by atoms with Gasteiger partial charge in [-0.05, 0) is 67.0 Å². The number of phenols is 1. The number of hydrogen-bond acceptors (Lipinski definition) is 7. The Morgan fingerprint density at radius 3 is 2.71 bits per heavy atom. The Morgan fingerprint density at radius 1 is 1.22 bits per heavy atom. The highest BCUT2D eigenvalue weighted by Crippen LogP contribution is 2.67. The Balaban J connectivity index is 1.05. The zero-order valence-electron chi connectivity index (χ0n) is 26.3. The number of aliphatic hydroxyl groups is 1. The number of nitrogens with one attached hydrogen (secondary N) is 1. The summed E-state index contributed by atoms with van der Waals surface area (Å²) in [5, 5.41) is 25.0. The summed E-state index contributed by atoms with van der Waals surface area (Å²) in [5.41, 5.74) is 8.58. The van der Waals surface area contributed by atoms with Crippen LogP contribution >= 0.6 is 0 Å². The standard InChI is InChI=1S/C35H44N4O6/c1-21-12-13-35(43)28-19-24-8-11-27(30-29(24)34(35,31(21)45-30)14-17-39(28,3)20-23-4-5-23)44-33(42)38(2)16-15-37-32(41)26(36)18-22-6-9-25(40)10-7-22/h6-11,23,26,28,31,43H,1,4-5,12-20,36H2,2-3H3,(H-,37,40,41)/p+1/t26-,28+,31-,34-,35+,39?/m0/s1. The minimum absolute atomic E-state index is 0.0912. The van der Waals surface area contributed by atoms with Crippen LogP contribution in [0.3, 0.4) is 0 Å². The van der Waals surface area contributed by atoms with Crippen LogP contribution < -0.4 is 20.5 Å². The van der Waals surface area contributed by atoms with Crippen LogP contribution in [0.15, 0.2) is 48.6 Å². The second-order valence-electron chi connectivity index (χ2n) is 14.3. The molecule has 1 saturated heterocycles. The number of benzene rings is 2. The van der Waals surface area contributed by atoms with Gasteiger partial charge in [-0.2, -0.15) is 0 Å². The summed E-state index contributed by atoms with van der Waals surface area (Å²) in [6, 6.07) is 9.78. The molecule has 5 aliphatic rings. The van der Waals surface area contributed by atoms with Gasteiger partial charge in [-0.25, -0.2) is 4.79 Å². The summed E-state index contributed by atoms with van der Waals surface area (Å²) in [6.45, 7) is 6.91. The van der Waals surface area contributed by atoms with Gasteiger partial charge in [0, 0.05) is 44.5 Å². The molecule has 10 heteroatoms. The summed E-state index contributed by atoms with van der Waals surface area (Å²) in [4.78, 5) is 27.2. The van der Waals surface area contributed by atoms with Gasteiger partial charge in [-0.3, -0.25) is 4.79 Å². The van der Waals surface area contributed by atoms with Crippen molar-refractivity contribution in [3.63, 3.8) is 0 Å². The molecule has 3 aliphatic carbocycles. The van der Waals surface area contributed by atoms with Gasteiger partial charge < -0.3 is 40.1 Å². The molecule has 3 fully saturated rings. The molecule has 2 saturated carbocycles. The molecule has 45 heavy (non-hydrogen) atoms. The molecule has 2 bridgehead atoms. The number of ether oxygens (including phenoxy) is 2. The third-order valence-electron chi connectivity index (χ3n) is 11.4. The molecule has 240 valence electrons. The molecular formula is C35H45N4O6+. The lowest BCUT2D eigenvalue weighted by Crippen LogP contribution is -2.80. The van der Waals surface area contributed by atoms with Crippen molar-refractivity contribution in [2.45, 2.75) is 74.1 Å². The van der Waals surface area contributed by atoms with Crippen LogP contribution in [0, 0.1) is 5.92 Å². The van der Waals surface area contributed by atoms with Crippen molar-refractivity contribution in [2.75, 3.05) is 40.3 Å². The number of likely N-dealkylation sites (tertiary alicyclic amines) is 1. The molecule has 2 aromatic carbocycles. The zero-order valence-corrected chi connectivity index (χ0v) is 26.3. The normalized spacial score (nSPS) is 31.4. The van der Waals surface area contributed by atoms with E-state index in [9.17, 15) is 19.8 Å². The van der Waals surface area contributed by atoms with Gasteiger partial charge >= 0.3 is 6.09 Å². The molecule has 5 N–H and O–H groups in total. The van der Waals surface area contributed by atoms with E-state index in [2.05, 4.69) is 25.0 Å². The van der Waals surface area contributed by atoms with Crippen molar-refractivity contribution in [1.82, 2.24) is 10.2 Å². The second-order valence-corrected chi connectivity index (χ2v) is 14.3. The first-order chi connectivity index (χ1) is 21.4. The lowest BCUT2D eigenvalue weighted by molar-refractivity contribution is -0.950. The highest BCUT2D eigenvalue weighted by Gasteiger charge is 2.75. The van der Waals surface area contributed by atoms with Crippen molar-refractivity contribution in [3.8, 4) is 17.2 Å². The Labute approximate surface area is 264 Å². The molecule has 0 aromatic heterocycles. The number of nitrogens with zero attached hydrogens (tertiary/aromatic N) is 2. The van der Waals surface area contributed by atoms with Gasteiger partial charge in [-0.15, -0.1) is 0 Å². The number of nitrogens with two attached hydrogens (primary N) is 1. The lowest BCUT2D eigenvalue weighted by atomic mass is 9.48. The number of rotatable bonds is 9.